The number of esters is 1. The summed E-state index contributed by atoms with van der Waals surface area (Å²) in [6.45, 7) is 9.25. The molecule has 0 spiro atoms. The number of nitrogens with one attached hydrogen (secondary N) is 5. The number of hydrogen-bond donors (Lipinski definition) is 7. The van der Waals surface area contributed by atoms with Gasteiger partial charge < -0.3 is 42.2 Å². The van der Waals surface area contributed by atoms with Gasteiger partial charge in [-0.25, -0.2) is 4.79 Å². The average molecular weight is 703 g/mol. The van der Waals surface area contributed by atoms with Gasteiger partial charge in [0.25, 0.3) is 0 Å². The summed E-state index contributed by atoms with van der Waals surface area (Å²) in [5.74, 6) is -6.18. The molecule has 1 saturated carbocycles. The second-order valence-electron chi connectivity index (χ2n) is 13.5. The number of carbonyl (C=O) groups excluding carboxylic acids is 7. The van der Waals surface area contributed by atoms with Crippen molar-refractivity contribution in [1.82, 2.24) is 26.6 Å². The van der Waals surface area contributed by atoms with E-state index in [4.69, 9.17) is 15.6 Å². The molecule has 1 fully saturated rings. The number of carbonyl (C=O) groups is 7. The largest absolute Gasteiger partial charge is 0.467 e. The first-order chi connectivity index (χ1) is 23.5. The summed E-state index contributed by atoms with van der Waals surface area (Å²) in [4.78, 5) is 91.4. The van der Waals surface area contributed by atoms with E-state index in [-0.39, 0.29) is 24.0 Å². The predicted molar refractivity (Wildman–Crippen MR) is 184 cm³/mol. The Kier molecular flexibility index (Phi) is 16.5. The Morgan fingerprint density at radius 3 is 1.82 bits per heavy atom. The number of Topliss-reactive ketones (excluding diaryl/α,β-unsaturated/α-hetero) is 1. The maximum Gasteiger partial charge on any atom is 0.328 e. The highest BCUT2D eigenvalue weighted by atomic mass is 16.5. The van der Waals surface area contributed by atoms with E-state index >= 15 is 0 Å². The maximum absolute atomic E-state index is 14.2. The molecule has 1 aromatic rings. The molecule has 0 aromatic heterocycles. The van der Waals surface area contributed by atoms with Crippen LogP contribution in [0.25, 0.3) is 0 Å². The molecule has 0 saturated heterocycles. The predicted octanol–water partition coefficient (Wildman–Crippen LogP) is -0.517. The maximum atomic E-state index is 14.2. The molecule has 0 radical (unpaired) electrons. The highest BCUT2D eigenvalue weighted by molar-refractivity contribution is 5.98. The molecule has 5 amide bonds. The van der Waals surface area contributed by atoms with Gasteiger partial charge in [0.15, 0.2) is 5.78 Å². The summed E-state index contributed by atoms with van der Waals surface area (Å²) in [7, 11) is 1.23. The van der Waals surface area contributed by atoms with E-state index < -0.39 is 90.2 Å². The normalized spacial score (nSPS) is 19.3. The van der Waals surface area contributed by atoms with Crippen LogP contribution in [0.4, 0.5) is 0 Å². The van der Waals surface area contributed by atoms with Crippen LogP contribution in [0, 0.1) is 23.7 Å². The topological polar surface area (TPSA) is 235 Å². The number of rotatable bonds is 18. The van der Waals surface area contributed by atoms with Gasteiger partial charge in [-0.3, -0.25) is 28.8 Å². The van der Waals surface area contributed by atoms with Crippen LogP contribution in [0.2, 0.25) is 0 Å². The van der Waals surface area contributed by atoms with Gasteiger partial charge in [-0.15, -0.1) is 0 Å². The molecule has 8 N–H and O–H groups in total. The van der Waals surface area contributed by atoms with Gasteiger partial charge >= 0.3 is 5.97 Å². The van der Waals surface area contributed by atoms with E-state index in [1.165, 1.54) is 21.0 Å². The standard InChI is InChI=1S/C35H54N6O9/c1-18(2)27(34(48)41-28(19(3)4)35(49)50-7)40-32(46)24-15-11-14-23(24)29(43)26(16-22-12-9-8-10-13-22)39-31(45)21(6)37-30(44)20(5)38-33(47)25(36)17-42/h8-10,12-13,18-21,23-28,42H,11,14-17,36H2,1-7H3,(H,37,44)(H,38,47)(H,39,45)(H,40,46)(H,41,48)/t20-,21-,23?,24?,25-,26?,27-,28-/m0/s1. The lowest BCUT2D eigenvalue weighted by Crippen LogP contribution is -2.57. The number of aliphatic hydroxyl groups is 1. The fourth-order valence-corrected chi connectivity index (χ4v) is 5.78. The number of ether oxygens (including phenoxy) is 1. The SMILES string of the molecule is COC(=O)[C@@H](NC(=O)[C@@H](NC(=O)C1CCCC1C(=O)C(Cc1ccccc1)NC(=O)[C@H](C)NC(=O)[C@H](C)NC(=O)[C@@H](N)CO)C(C)C)C(C)C. The molecular weight excluding hydrogens is 648 g/mol. The molecule has 1 aliphatic carbocycles. The minimum Gasteiger partial charge on any atom is -0.467 e. The van der Waals surface area contributed by atoms with Crippen LogP contribution < -0.4 is 32.3 Å². The Bertz CT molecular complexity index is 1360. The van der Waals surface area contributed by atoms with Gasteiger partial charge in [0.1, 0.15) is 30.2 Å². The Morgan fingerprint density at radius 2 is 1.28 bits per heavy atom. The minimum absolute atomic E-state index is 0.129. The molecule has 50 heavy (non-hydrogen) atoms. The van der Waals surface area contributed by atoms with E-state index in [1.807, 2.05) is 18.2 Å². The van der Waals surface area contributed by atoms with E-state index in [2.05, 4.69) is 26.6 Å². The number of ketones is 1. The van der Waals surface area contributed by atoms with E-state index in [1.54, 1.807) is 39.8 Å². The molecule has 8 atom stereocenters. The van der Waals surface area contributed by atoms with Gasteiger partial charge in [-0.05, 0) is 50.5 Å². The second kappa shape index (κ2) is 19.7. The molecule has 1 aliphatic rings. The number of aliphatic hydroxyl groups excluding tert-OH is 1. The fourth-order valence-electron chi connectivity index (χ4n) is 5.78. The zero-order valence-corrected chi connectivity index (χ0v) is 30.0. The van der Waals surface area contributed by atoms with Crippen molar-refractivity contribution in [3.63, 3.8) is 0 Å². The highest BCUT2D eigenvalue weighted by Crippen LogP contribution is 2.34. The zero-order valence-electron chi connectivity index (χ0n) is 30.0. The summed E-state index contributed by atoms with van der Waals surface area (Å²) < 4.78 is 4.82. The van der Waals surface area contributed by atoms with Crippen LogP contribution in [-0.4, -0.2) is 96.4 Å². The van der Waals surface area contributed by atoms with Crippen LogP contribution in [0.1, 0.15) is 66.4 Å². The van der Waals surface area contributed by atoms with Crippen molar-refractivity contribution in [2.45, 2.75) is 103 Å². The van der Waals surface area contributed by atoms with Crippen molar-refractivity contribution in [2.75, 3.05) is 13.7 Å². The monoisotopic (exact) mass is 702 g/mol. The Labute approximate surface area is 293 Å². The Morgan fingerprint density at radius 1 is 0.740 bits per heavy atom. The summed E-state index contributed by atoms with van der Waals surface area (Å²) in [5, 5.41) is 22.2. The third-order valence-corrected chi connectivity index (χ3v) is 8.86. The number of methoxy groups -OCH3 is 1. The highest BCUT2D eigenvalue weighted by Gasteiger charge is 2.42. The molecule has 15 nitrogen and oxygen atoms in total. The minimum atomic E-state index is -1.21. The zero-order chi connectivity index (χ0) is 37.7. The average Bonchev–Trinajstić information content (AvgIpc) is 3.58. The van der Waals surface area contributed by atoms with Crippen molar-refractivity contribution in [2.24, 2.45) is 29.4 Å². The van der Waals surface area contributed by atoms with Crippen molar-refractivity contribution in [1.29, 1.82) is 0 Å². The first-order valence-corrected chi connectivity index (χ1v) is 17.1. The van der Waals surface area contributed by atoms with Crippen LogP contribution in [0.15, 0.2) is 30.3 Å². The van der Waals surface area contributed by atoms with E-state index in [9.17, 15) is 33.6 Å². The molecule has 0 bridgehead atoms. The van der Waals surface area contributed by atoms with Gasteiger partial charge in [0.2, 0.25) is 29.5 Å². The number of hydrogen-bond acceptors (Lipinski definition) is 10. The number of nitrogens with two attached hydrogens (primary N) is 1. The van der Waals surface area contributed by atoms with E-state index in [0.717, 1.165) is 5.56 Å². The van der Waals surface area contributed by atoms with Gasteiger partial charge in [-0.1, -0.05) is 64.4 Å². The molecule has 278 valence electrons. The van der Waals surface area contributed by atoms with Crippen LogP contribution >= 0.6 is 0 Å². The van der Waals surface area contributed by atoms with Crippen LogP contribution in [-0.2, 0) is 44.7 Å². The van der Waals surface area contributed by atoms with Crippen LogP contribution in [0.3, 0.4) is 0 Å². The summed E-state index contributed by atoms with van der Waals surface area (Å²) in [6.07, 6.45) is 1.50. The van der Waals surface area contributed by atoms with Crippen molar-refractivity contribution in [3.8, 4) is 0 Å². The fraction of sp³-hybridized carbons (Fsp3) is 0.629. The first-order valence-electron chi connectivity index (χ1n) is 17.1. The third kappa shape index (κ3) is 11.9. The smallest absolute Gasteiger partial charge is 0.328 e. The third-order valence-electron chi connectivity index (χ3n) is 8.86. The quantitative estimate of drug-likeness (QED) is 0.0968. The Hall–Kier alpha value is -4.37. The van der Waals surface area contributed by atoms with Gasteiger partial charge in [0.05, 0.1) is 19.8 Å². The first kappa shape index (κ1) is 41.8. The molecule has 3 unspecified atom stereocenters. The summed E-state index contributed by atoms with van der Waals surface area (Å²) >= 11 is 0. The lowest BCUT2D eigenvalue weighted by molar-refractivity contribution is -0.147. The molecule has 15 heteroatoms. The van der Waals surface area contributed by atoms with Gasteiger partial charge in [-0.2, -0.15) is 0 Å². The lowest BCUT2D eigenvalue weighted by atomic mass is 9.85. The van der Waals surface area contributed by atoms with Gasteiger partial charge in [0, 0.05) is 11.8 Å². The van der Waals surface area contributed by atoms with Crippen molar-refractivity contribution in [3.05, 3.63) is 35.9 Å². The van der Waals surface area contributed by atoms with Crippen LogP contribution in [0.5, 0.6) is 0 Å². The van der Waals surface area contributed by atoms with Crippen molar-refractivity contribution < 1.29 is 43.4 Å². The molecule has 1 aromatic carbocycles. The number of benzene rings is 1. The van der Waals surface area contributed by atoms with E-state index in [0.29, 0.717) is 19.3 Å². The molecule has 0 heterocycles. The number of amides is 5. The molecule has 2 rings (SSSR count). The van der Waals surface area contributed by atoms with Crippen molar-refractivity contribution >= 4 is 41.3 Å². The second-order valence-corrected chi connectivity index (χ2v) is 13.5. The lowest BCUT2D eigenvalue weighted by Gasteiger charge is -2.29. The molecular formula is C35H54N6O9. The summed E-state index contributed by atoms with van der Waals surface area (Å²) in [6, 6.07) is 2.71. The molecule has 0 aliphatic heterocycles. The Balaban J connectivity index is 2.22. The summed E-state index contributed by atoms with van der Waals surface area (Å²) in [5.41, 5.74) is 6.25.